The topological polar surface area (TPSA) is 29.0 Å². The Balaban J connectivity index is 2.05. The summed E-state index contributed by atoms with van der Waals surface area (Å²) in [7, 11) is 0. The lowest BCUT2D eigenvalue weighted by Gasteiger charge is -2.38. The number of aromatic nitrogens is 2. The van der Waals surface area contributed by atoms with Gasteiger partial charge in [0, 0.05) is 17.5 Å². The SMILES string of the molecule is CC(C)c1nsc(N2CC(F)(F)C2)n1. The fraction of sp³-hybridized carbons (Fsp3) is 0.750. The Morgan fingerprint density at radius 1 is 1.43 bits per heavy atom. The fourth-order valence-corrected chi connectivity index (χ4v) is 2.04. The second-order valence-electron chi connectivity index (χ2n) is 3.80. The lowest BCUT2D eigenvalue weighted by Crippen LogP contribution is -2.56. The van der Waals surface area contributed by atoms with Crippen LogP contribution in [0.3, 0.4) is 0 Å². The molecule has 0 aliphatic carbocycles. The Bertz CT molecular complexity index is 329. The van der Waals surface area contributed by atoms with Crippen molar-refractivity contribution in [3.05, 3.63) is 5.82 Å². The molecule has 6 heteroatoms. The predicted octanol–water partition coefficient (Wildman–Crippen LogP) is 2.12. The third-order valence-electron chi connectivity index (χ3n) is 2.06. The maximum absolute atomic E-state index is 12.6. The molecule has 0 N–H and O–H groups in total. The van der Waals surface area contributed by atoms with Gasteiger partial charge >= 0.3 is 0 Å². The van der Waals surface area contributed by atoms with Crippen molar-refractivity contribution in [2.24, 2.45) is 0 Å². The summed E-state index contributed by atoms with van der Waals surface area (Å²) in [6.07, 6.45) is 0. The highest BCUT2D eigenvalue weighted by Gasteiger charge is 2.45. The molecule has 0 aromatic carbocycles. The second-order valence-corrected chi connectivity index (χ2v) is 4.53. The summed E-state index contributed by atoms with van der Waals surface area (Å²) in [6, 6.07) is 0. The maximum atomic E-state index is 12.6. The minimum Gasteiger partial charge on any atom is -0.335 e. The maximum Gasteiger partial charge on any atom is 0.282 e. The molecular formula is C8H11F2N3S. The van der Waals surface area contributed by atoms with E-state index in [9.17, 15) is 8.78 Å². The van der Waals surface area contributed by atoms with Crippen molar-refractivity contribution >= 4 is 16.7 Å². The van der Waals surface area contributed by atoms with Crippen LogP contribution in [-0.2, 0) is 0 Å². The van der Waals surface area contributed by atoms with Crippen LogP contribution in [0.2, 0.25) is 0 Å². The van der Waals surface area contributed by atoms with Crippen molar-refractivity contribution in [3.63, 3.8) is 0 Å². The molecule has 0 radical (unpaired) electrons. The van der Waals surface area contributed by atoms with E-state index in [1.165, 1.54) is 11.5 Å². The molecule has 1 saturated heterocycles. The van der Waals surface area contributed by atoms with Crippen LogP contribution in [0.15, 0.2) is 0 Å². The van der Waals surface area contributed by atoms with E-state index < -0.39 is 5.92 Å². The first-order chi connectivity index (χ1) is 6.48. The van der Waals surface area contributed by atoms with Gasteiger partial charge in [-0.15, -0.1) is 0 Å². The number of halogens is 2. The van der Waals surface area contributed by atoms with E-state index in [1.54, 1.807) is 4.90 Å². The van der Waals surface area contributed by atoms with E-state index in [0.29, 0.717) is 5.13 Å². The Morgan fingerprint density at radius 3 is 2.50 bits per heavy atom. The Hall–Kier alpha value is -0.780. The van der Waals surface area contributed by atoms with E-state index in [4.69, 9.17) is 0 Å². The molecule has 0 unspecified atom stereocenters. The highest BCUT2D eigenvalue weighted by molar-refractivity contribution is 7.09. The molecule has 3 nitrogen and oxygen atoms in total. The first-order valence-corrected chi connectivity index (χ1v) is 5.22. The molecule has 0 atom stereocenters. The summed E-state index contributed by atoms with van der Waals surface area (Å²) in [5.74, 6) is -1.55. The standard InChI is InChI=1S/C8H11F2N3S/c1-5(2)6-11-7(14-12-6)13-3-8(9,10)4-13/h5H,3-4H2,1-2H3. The van der Waals surface area contributed by atoms with Crippen molar-refractivity contribution in [2.75, 3.05) is 18.0 Å². The zero-order chi connectivity index (χ0) is 10.3. The van der Waals surface area contributed by atoms with Crippen molar-refractivity contribution in [1.29, 1.82) is 0 Å². The highest BCUT2D eigenvalue weighted by Crippen LogP contribution is 2.33. The normalized spacial score (nSPS) is 19.9. The highest BCUT2D eigenvalue weighted by atomic mass is 32.1. The van der Waals surface area contributed by atoms with Crippen LogP contribution in [0.4, 0.5) is 13.9 Å². The monoisotopic (exact) mass is 219 g/mol. The summed E-state index contributed by atoms with van der Waals surface area (Å²) in [4.78, 5) is 5.76. The summed E-state index contributed by atoms with van der Waals surface area (Å²) < 4.78 is 29.2. The summed E-state index contributed by atoms with van der Waals surface area (Å²) >= 11 is 1.19. The fourth-order valence-electron chi connectivity index (χ4n) is 1.24. The summed E-state index contributed by atoms with van der Waals surface area (Å²) in [5.41, 5.74) is 0. The van der Waals surface area contributed by atoms with Gasteiger partial charge in [0.05, 0.1) is 13.1 Å². The van der Waals surface area contributed by atoms with Crippen LogP contribution >= 0.6 is 11.5 Å². The zero-order valence-corrected chi connectivity index (χ0v) is 8.81. The first kappa shape index (κ1) is 9.76. The average molecular weight is 219 g/mol. The van der Waals surface area contributed by atoms with Gasteiger partial charge in [-0.2, -0.15) is 4.37 Å². The second kappa shape index (κ2) is 3.12. The Morgan fingerprint density at radius 2 is 2.07 bits per heavy atom. The average Bonchev–Trinajstić information content (AvgIpc) is 2.47. The largest absolute Gasteiger partial charge is 0.335 e. The molecule has 1 aromatic heterocycles. The number of rotatable bonds is 2. The van der Waals surface area contributed by atoms with Gasteiger partial charge in [0.15, 0.2) is 0 Å². The third kappa shape index (κ3) is 1.70. The molecule has 0 spiro atoms. The van der Waals surface area contributed by atoms with Crippen LogP contribution in [0.1, 0.15) is 25.6 Å². The molecule has 78 valence electrons. The summed E-state index contributed by atoms with van der Waals surface area (Å²) in [5, 5.41) is 0.611. The van der Waals surface area contributed by atoms with E-state index >= 15 is 0 Å². The predicted molar refractivity (Wildman–Crippen MR) is 51.2 cm³/mol. The molecule has 2 rings (SSSR count). The van der Waals surface area contributed by atoms with Crippen LogP contribution in [0.25, 0.3) is 0 Å². The van der Waals surface area contributed by atoms with Crippen LogP contribution in [-0.4, -0.2) is 28.4 Å². The van der Waals surface area contributed by atoms with Gasteiger partial charge in [-0.1, -0.05) is 13.8 Å². The summed E-state index contributed by atoms with van der Waals surface area (Å²) in [6.45, 7) is 3.52. The Labute approximate surface area is 84.9 Å². The van der Waals surface area contributed by atoms with Gasteiger partial charge in [0.1, 0.15) is 5.82 Å². The van der Waals surface area contributed by atoms with Crippen LogP contribution in [0.5, 0.6) is 0 Å². The molecular weight excluding hydrogens is 208 g/mol. The molecule has 0 saturated carbocycles. The number of alkyl halides is 2. The van der Waals surface area contributed by atoms with Crippen LogP contribution < -0.4 is 4.90 Å². The Kier molecular flexibility index (Phi) is 2.17. The molecule has 1 fully saturated rings. The lowest BCUT2D eigenvalue weighted by molar-refractivity contribution is -0.0262. The number of anilines is 1. The van der Waals surface area contributed by atoms with Crippen LogP contribution in [0, 0.1) is 0 Å². The van der Waals surface area contributed by atoms with Crippen molar-refractivity contribution < 1.29 is 8.78 Å². The molecule has 1 aliphatic heterocycles. The number of nitrogens with zero attached hydrogens (tertiary/aromatic N) is 3. The number of hydrogen-bond donors (Lipinski definition) is 0. The molecule has 14 heavy (non-hydrogen) atoms. The molecule has 0 bridgehead atoms. The van der Waals surface area contributed by atoms with Gasteiger partial charge < -0.3 is 4.90 Å². The molecule has 1 aromatic rings. The van der Waals surface area contributed by atoms with Gasteiger partial charge in [-0.25, -0.2) is 13.8 Å². The van der Waals surface area contributed by atoms with E-state index in [-0.39, 0.29) is 19.0 Å². The minimum atomic E-state index is -2.54. The zero-order valence-electron chi connectivity index (χ0n) is 8.00. The molecule has 0 amide bonds. The minimum absolute atomic E-state index is 0.222. The quantitative estimate of drug-likeness (QED) is 0.763. The van der Waals surface area contributed by atoms with Crippen molar-refractivity contribution in [1.82, 2.24) is 9.36 Å². The van der Waals surface area contributed by atoms with Gasteiger partial charge in [0.2, 0.25) is 5.13 Å². The molecule has 2 heterocycles. The first-order valence-electron chi connectivity index (χ1n) is 4.44. The lowest BCUT2D eigenvalue weighted by atomic mass is 10.2. The third-order valence-corrected chi connectivity index (χ3v) is 2.85. The van der Waals surface area contributed by atoms with Gasteiger partial charge in [-0.3, -0.25) is 0 Å². The van der Waals surface area contributed by atoms with E-state index in [1.807, 2.05) is 13.8 Å². The van der Waals surface area contributed by atoms with Crippen molar-refractivity contribution in [2.45, 2.75) is 25.7 Å². The number of hydrogen-bond acceptors (Lipinski definition) is 4. The van der Waals surface area contributed by atoms with E-state index in [2.05, 4.69) is 9.36 Å². The van der Waals surface area contributed by atoms with Crippen molar-refractivity contribution in [3.8, 4) is 0 Å². The van der Waals surface area contributed by atoms with Gasteiger partial charge in [0.25, 0.3) is 5.92 Å². The van der Waals surface area contributed by atoms with E-state index in [0.717, 1.165) is 5.82 Å². The van der Waals surface area contributed by atoms with Gasteiger partial charge in [-0.05, 0) is 0 Å². The molecule has 1 aliphatic rings. The smallest absolute Gasteiger partial charge is 0.282 e.